The molecule has 2 N–H and O–H groups in total. The molecule has 1 saturated heterocycles. The minimum Gasteiger partial charge on any atom is -0.508 e. The summed E-state index contributed by atoms with van der Waals surface area (Å²) < 4.78 is 5.18. The van der Waals surface area contributed by atoms with Crippen molar-refractivity contribution in [1.29, 1.82) is 0 Å². The fraction of sp³-hybridized carbons (Fsp3) is 0.440. The van der Waals surface area contributed by atoms with Crippen molar-refractivity contribution >= 4 is 11.8 Å². The quantitative estimate of drug-likeness (QED) is 0.766. The van der Waals surface area contributed by atoms with E-state index < -0.39 is 5.66 Å². The van der Waals surface area contributed by atoms with Crippen LogP contribution < -0.4 is 5.32 Å². The van der Waals surface area contributed by atoms with Gasteiger partial charge in [-0.3, -0.25) is 10.3 Å². The molecule has 0 radical (unpaired) electrons. The number of ether oxygens (including phenoxy) is 1. The van der Waals surface area contributed by atoms with Crippen LogP contribution in [0.15, 0.2) is 47.5 Å². The molecule has 6 nitrogen and oxygen atoms in total. The molecule has 0 aliphatic carbocycles. The molecular weight excluding hydrogens is 390 g/mol. The molecule has 6 heteroatoms. The number of amides is 1. The second kappa shape index (κ2) is 8.71. The Morgan fingerprint density at radius 1 is 1.19 bits per heavy atom. The van der Waals surface area contributed by atoms with Gasteiger partial charge in [0.25, 0.3) is 0 Å². The molecule has 2 aromatic carbocycles. The van der Waals surface area contributed by atoms with Crippen LogP contribution >= 0.6 is 0 Å². The third-order valence-electron chi connectivity index (χ3n) is 6.46. The van der Waals surface area contributed by atoms with Crippen molar-refractivity contribution in [2.45, 2.75) is 51.7 Å². The molecule has 164 valence electrons. The molecule has 31 heavy (non-hydrogen) atoms. The van der Waals surface area contributed by atoms with Gasteiger partial charge in [-0.25, -0.2) is 4.79 Å². The van der Waals surface area contributed by atoms with E-state index >= 15 is 0 Å². The average Bonchev–Trinajstić information content (AvgIpc) is 2.76. The highest BCUT2D eigenvalue weighted by Gasteiger charge is 2.41. The van der Waals surface area contributed by atoms with Crippen LogP contribution in [0.25, 0.3) is 0 Å². The second-order valence-corrected chi connectivity index (χ2v) is 8.53. The van der Waals surface area contributed by atoms with Gasteiger partial charge in [-0.2, -0.15) is 0 Å². The summed E-state index contributed by atoms with van der Waals surface area (Å²) in [6, 6.07) is 13.9. The largest absolute Gasteiger partial charge is 0.508 e. The van der Waals surface area contributed by atoms with Crippen LogP contribution in [0.2, 0.25) is 0 Å². The summed E-state index contributed by atoms with van der Waals surface area (Å²) in [6.07, 6.45) is 1.83. The zero-order chi connectivity index (χ0) is 22.0. The molecule has 1 unspecified atom stereocenters. The monoisotopic (exact) mass is 421 g/mol. The zero-order valence-corrected chi connectivity index (χ0v) is 18.5. The Morgan fingerprint density at radius 2 is 1.94 bits per heavy atom. The van der Waals surface area contributed by atoms with E-state index in [1.54, 1.807) is 11.0 Å². The predicted molar refractivity (Wildman–Crippen MR) is 122 cm³/mol. The number of carbonyl (C=O) groups excluding carboxylic acids is 1. The molecule has 2 aromatic rings. The number of piperidine rings is 1. The van der Waals surface area contributed by atoms with Crippen LogP contribution in [-0.2, 0) is 4.74 Å². The highest BCUT2D eigenvalue weighted by Crippen LogP contribution is 2.37. The van der Waals surface area contributed by atoms with E-state index in [9.17, 15) is 9.90 Å². The number of aromatic hydroxyl groups is 1. The van der Waals surface area contributed by atoms with Gasteiger partial charge in [0, 0.05) is 49.7 Å². The summed E-state index contributed by atoms with van der Waals surface area (Å²) in [7, 11) is 0. The topological polar surface area (TPSA) is 74.2 Å². The number of nitrogens with one attached hydrogen (secondary N) is 1. The molecule has 1 amide bonds. The number of aryl methyl sites for hydroxylation is 2. The van der Waals surface area contributed by atoms with Crippen molar-refractivity contribution in [2.75, 3.05) is 19.7 Å². The maximum absolute atomic E-state index is 12.2. The lowest BCUT2D eigenvalue weighted by atomic mass is 9.87. The molecular formula is C25H31N3O3. The van der Waals surface area contributed by atoms with Gasteiger partial charge in [-0.05, 0) is 49.6 Å². The van der Waals surface area contributed by atoms with Gasteiger partial charge >= 0.3 is 6.09 Å². The summed E-state index contributed by atoms with van der Waals surface area (Å²) in [4.78, 5) is 19.1. The SMILES string of the molecule is CCOC(=O)N1CCC2(CC1)N=C(c1ccc(C)c(C)c1)CC(c1ccccc1O)N2. The highest BCUT2D eigenvalue weighted by atomic mass is 16.6. The van der Waals surface area contributed by atoms with Gasteiger partial charge in [-0.15, -0.1) is 0 Å². The van der Waals surface area contributed by atoms with Gasteiger partial charge in [0.2, 0.25) is 0 Å². The number of phenols is 1. The van der Waals surface area contributed by atoms with Gasteiger partial charge in [-0.1, -0.05) is 30.3 Å². The fourth-order valence-electron chi connectivity index (χ4n) is 4.51. The number of likely N-dealkylation sites (tertiary alicyclic amines) is 1. The molecule has 2 aliphatic rings. The minimum atomic E-state index is -0.470. The van der Waals surface area contributed by atoms with E-state index in [2.05, 4.69) is 37.4 Å². The molecule has 4 rings (SSSR count). The predicted octanol–water partition coefficient (Wildman–Crippen LogP) is 4.48. The number of hydrogen-bond acceptors (Lipinski definition) is 5. The standard InChI is InChI=1S/C25H31N3O3/c1-4-31-24(30)28-13-11-25(12-14-28)26-21(19-10-9-17(2)18(3)15-19)16-22(27-25)20-7-5-6-8-23(20)29/h5-10,15,22,27,29H,4,11-14,16H2,1-3H3. The Bertz CT molecular complexity index is 993. The first-order valence-corrected chi connectivity index (χ1v) is 11.0. The van der Waals surface area contributed by atoms with Crippen molar-refractivity contribution in [3.8, 4) is 5.75 Å². The van der Waals surface area contributed by atoms with Crippen LogP contribution in [0, 0.1) is 13.8 Å². The van der Waals surface area contributed by atoms with Crippen molar-refractivity contribution in [2.24, 2.45) is 4.99 Å². The Balaban J connectivity index is 1.67. The number of phenolic OH excluding ortho intramolecular Hbond substituents is 1. The number of rotatable bonds is 3. The minimum absolute atomic E-state index is 0.0514. The molecule has 1 atom stereocenters. The van der Waals surface area contributed by atoms with Crippen LogP contribution in [0.5, 0.6) is 5.75 Å². The van der Waals surface area contributed by atoms with E-state index in [1.807, 2.05) is 25.1 Å². The van der Waals surface area contributed by atoms with Crippen molar-refractivity contribution < 1.29 is 14.6 Å². The third kappa shape index (κ3) is 4.44. The normalized spacial score (nSPS) is 20.4. The zero-order valence-electron chi connectivity index (χ0n) is 18.5. The average molecular weight is 422 g/mol. The summed E-state index contributed by atoms with van der Waals surface area (Å²) in [5, 5.41) is 14.2. The molecule has 1 fully saturated rings. The van der Waals surface area contributed by atoms with E-state index in [4.69, 9.17) is 9.73 Å². The number of hydrogen-bond donors (Lipinski definition) is 2. The van der Waals surface area contributed by atoms with Crippen LogP contribution in [0.1, 0.15) is 54.5 Å². The van der Waals surface area contributed by atoms with Crippen molar-refractivity contribution in [3.05, 3.63) is 64.7 Å². The molecule has 1 spiro atoms. The third-order valence-corrected chi connectivity index (χ3v) is 6.46. The van der Waals surface area contributed by atoms with Gasteiger partial charge in [0.15, 0.2) is 0 Å². The maximum atomic E-state index is 12.2. The number of aliphatic imine (C=N–C) groups is 1. The molecule has 0 saturated carbocycles. The summed E-state index contributed by atoms with van der Waals surface area (Å²) in [5.41, 5.74) is 5.07. The fourth-order valence-corrected chi connectivity index (χ4v) is 4.51. The number of carbonyl (C=O) groups is 1. The lowest BCUT2D eigenvalue weighted by Gasteiger charge is -2.45. The number of benzene rings is 2. The summed E-state index contributed by atoms with van der Waals surface area (Å²) >= 11 is 0. The highest BCUT2D eigenvalue weighted by molar-refractivity contribution is 6.02. The van der Waals surface area contributed by atoms with Gasteiger partial charge < -0.3 is 14.7 Å². The lowest BCUT2D eigenvalue weighted by Crippen LogP contribution is -2.56. The van der Waals surface area contributed by atoms with Gasteiger partial charge in [0.05, 0.1) is 6.61 Å². The van der Waals surface area contributed by atoms with Crippen molar-refractivity contribution in [3.63, 3.8) is 0 Å². The first kappa shape index (κ1) is 21.4. The van der Waals surface area contributed by atoms with Gasteiger partial charge in [0.1, 0.15) is 11.4 Å². The van der Waals surface area contributed by atoms with Crippen LogP contribution in [0.4, 0.5) is 4.79 Å². The smallest absolute Gasteiger partial charge is 0.409 e. The Morgan fingerprint density at radius 3 is 2.61 bits per heavy atom. The lowest BCUT2D eigenvalue weighted by molar-refractivity contribution is 0.0778. The summed E-state index contributed by atoms with van der Waals surface area (Å²) in [5.74, 6) is 0.292. The summed E-state index contributed by atoms with van der Waals surface area (Å²) in [6.45, 7) is 7.60. The Hall–Kier alpha value is -2.86. The number of para-hydroxylation sites is 1. The second-order valence-electron chi connectivity index (χ2n) is 8.53. The molecule has 2 aliphatic heterocycles. The van der Waals surface area contributed by atoms with Crippen LogP contribution in [-0.4, -0.2) is 47.2 Å². The van der Waals surface area contributed by atoms with E-state index in [-0.39, 0.29) is 12.1 Å². The van der Waals surface area contributed by atoms with Crippen LogP contribution in [0.3, 0.4) is 0 Å². The molecule has 2 heterocycles. The van der Waals surface area contributed by atoms with E-state index in [1.165, 1.54) is 11.1 Å². The maximum Gasteiger partial charge on any atom is 0.409 e. The molecule has 0 aromatic heterocycles. The first-order valence-electron chi connectivity index (χ1n) is 11.0. The van der Waals surface area contributed by atoms with Crippen molar-refractivity contribution in [1.82, 2.24) is 10.2 Å². The van der Waals surface area contributed by atoms with E-state index in [0.29, 0.717) is 44.7 Å². The Kier molecular flexibility index (Phi) is 6.01. The number of nitrogens with zero attached hydrogens (tertiary/aromatic N) is 2. The Labute approximate surface area is 183 Å². The first-order chi connectivity index (χ1) is 14.9. The van der Waals surface area contributed by atoms with E-state index in [0.717, 1.165) is 16.8 Å². The molecule has 0 bridgehead atoms.